The van der Waals surface area contributed by atoms with Gasteiger partial charge in [0.15, 0.2) is 0 Å². The molecule has 0 spiro atoms. The van der Waals surface area contributed by atoms with Crippen LogP contribution in [0.25, 0.3) is 0 Å². The van der Waals surface area contributed by atoms with Crippen molar-refractivity contribution in [3.8, 4) is 0 Å². The zero-order valence-corrected chi connectivity index (χ0v) is 19.9. The molecule has 0 atom stereocenters. The van der Waals surface area contributed by atoms with Gasteiger partial charge in [-0.15, -0.1) is 0 Å². The molecule has 1 aliphatic heterocycles. The molecule has 2 fully saturated rings. The van der Waals surface area contributed by atoms with Crippen LogP contribution in [0.3, 0.4) is 0 Å². The number of benzene rings is 2. The molecule has 0 radical (unpaired) electrons. The molecule has 0 unspecified atom stereocenters. The van der Waals surface area contributed by atoms with Gasteiger partial charge in [-0.05, 0) is 94.2 Å². The predicted molar refractivity (Wildman–Crippen MR) is 125 cm³/mol. The van der Waals surface area contributed by atoms with Crippen molar-refractivity contribution in [1.29, 1.82) is 0 Å². The fourth-order valence-electron chi connectivity index (χ4n) is 3.62. The van der Waals surface area contributed by atoms with Crippen molar-refractivity contribution in [2.45, 2.75) is 78.4 Å². The van der Waals surface area contributed by atoms with Gasteiger partial charge in [-0.3, -0.25) is 4.79 Å². The Kier molecular flexibility index (Phi) is 6.82. The molecule has 0 bridgehead atoms. The number of rotatable bonds is 4. The molecule has 1 saturated carbocycles. The summed E-state index contributed by atoms with van der Waals surface area (Å²) in [5, 5.41) is 2.65. The van der Waals surface area contributed by atoms with E-state index in [1.807, 2.05) is 41.5 Å². The first kappa shape index (κ1) is 24.4. The molecule has 4 rings (SSSR count). The van der Waals surface area contributed by atoms with E-state index in [0.29, 0.717) is 16.9 Å². The van der Waals surface area contributed by atoms with Crippen LogP contribution in [-0.2, 0) is 9.31 Å². The van der Waals surface area contributed by atoms with Crippen molar-refractivity contribution in [2.75, 3.05) is 5.32 Å². The third-order valence-electron chi connectivity index (χ3n) is 6.45. The highest BCUT2D eigenvalue weighted by Crippen LogP contribution is 2.40. The van der Waals surface area contributed by atoms with Crippen LogP contribution in [0.1, 0.15) is 81.8 Å². The van der Waals surface area contributed by atoms with Crippen molar-refractivity contribution in [3.05, 3.63) is 58.7 Å². The lowest BCUT2D eigenvalue weighted by molar-refractivity contribution is 0.00578. The Balaban J connectivity index is 0.00000141. The van der Waals surface area contributed by atoms with Crippen LogP contribution >= 0.6 is 0 Å². The van der Waals surface area contributed by atoms with Crippen LogP contribution in [0.4, 0.5) is 14.5 Å². The molecule has 1 N–H and O–H groups in total. The number of hydrogen-bond acceptors (Lipinski definition) is 3. The molecule has 1 amide bonds. The monoisotopic (exact) mass is 443 g/mol. The van der Waals surface area contributed by atoms with Crippen LogP contribution < -0.4 is 10.8 Å². The third kappa shape index (κ3) is 4.74. The fourth-order valence-corrected chi connectivity index (χ4v) is 3.62. The summed E-state index contributed by atoms with van der Waals surface area (Å²) < 4.78 is 40.9. The van der Waals surface area contributed by atoms with Gasteiger partial charge in [-0.25, -0.2) is 8.78 Å². The maximum Gasteiger partial charge on any atom is 0.495 e. The van der Waals surface area contributed by atoms with Gasteiger partial charge >= 0.3 is 7.12 Å². The first-order chi connectivity index (χ1) is 15.0. The first-order valence-corrected chi connectivity index (χ1v) is 11.2. The van der Waals surface area contributed by atoms with Gasteiger partial charge in [0.2, 0.25) is 0 Å². The minimum Gasteiger partial charge on any atom is -0.399 e. The van der Waals surface area contributed by atoms with Crippen LogP contribution in [0.2, 0.25) is 0 Å². The molecule has 2 aromatic carbocycles. The Morgan fingerprint density at radius 1 is 1.03 bits per heavy atom. The SMILES string of the molecule is CC.Cc1c(NC(=O)c2ccc(C3CC3)cc2F)cc(F)cc1B1OC(C)(C)C(C)(C)O1. The van der Waals surface area contributed by atoms with Gasteiger partial charge in [-0.1, -0.05) is 19.9 Å². The first-order valence-electron chi connectivity index (χ1n) is 11.2. The number of carbonyl (C=O) groups excluding carboxylic acids is 1. The summed E-state index contributed by atoms with van der Waals surface area (Å²) in [6.45, 7) is 13.4. The van der Waals surface area contributed by atoms with Crippen molar-refractivity contribution in [2.24, 2.45) is 0 Å². The second-order valence-corrected chi connectivity index (χ2v) is 9.22. The Hall–Kier alpha value is -2.25. The topological polar surface area (TPSA) is 47.6 Å². The fraction of sp³-hybridized carbons (Fsp3) is 0.480. The van der Waals surface area contributed by atoms with Gasteiger partial charge in [0.05, 0.1) is 16.8 Å². The van der Waals surface area contributed by atoms with Gasteiger partial charge in [-0.2, -0.15) is 0 Å². The van der Waals surface area contributed by atoms with E-state index in [-0.39, 0.29) is 11.3 Å². The summed E-state index contributed by atoms with van der Waals surface area (Å²) >= 11 is 0. The summed E-state index contributed by atoms with van der Waals surface area (Å²) in [5.74, 6) is -1.34. The van der Waals surface area contributed by atoms with E-state index in [2.05, 4.69) is 5.32 Å². The quantitative estimate of drug-likeness (QED) is 0.615. The molecule has 1 saturated heterocycles. The normalized spacial score (nSPS) is 18.7. The smallest absolute Gasteiger partial charge is 0.399 e. The number of hydrogen-bond donors (Lipinski definition) is 1. The van der Waals surface area contributed by atoms with Gasteiger partial charge in [0.1, 0.15) is 11.6 Å². The average Bonchev–Trinajstić information content (AvgIpc) is 3.53. The van der Waals surface area contributed by atoms with E-state index in [1.54, 1.807) is 13.0 Å². The van der Waals surface area contributed by atoms with Crippen molar-refractivity contribution in [3.63, 3.8) is 0 Å². The number of nitrogens with one attached hydrogen (secondary N) is 1. The van der Waals surface area contributed by atoms with Crippen LogP contribution in [-0.4, -0.2) is 24.2 Å². The Morgan fingerprint density at radius 2 is 1.62 bits per heavy atom. The standard InChI is InChI=1S/C23H26BF2NO3.C2H6/c1-13-18(24-29-22(2,3)23(4,5)30-24)11-16(25)12-20(13)27-21(28)17-9-8-15(10-19(17)26)14-6-7-14;1-2/h8-12,14H,6-7H2,1-5H3,(H,27,28);1-2H3. The summed E-state index contributed by atoms with van der Waals surface area (Å²) in [7, 11) is -0.768. The molecule has 1 aliphatic carbocycles. The van der Waals surface area contributed by atoms with E-state index in [1.165, 1.54) is 24.3 Å². The molecule has 172 valence electrons. The molecular weight excluding hydrogens is 411 g/mol. The van der Waals surface area contributed by atoms with E-state index >= 15 is 0 Å². The second kappa shape index (κ2) is 8.95. The zero-order valence-electron chi connectivity index (χ0n) is 19.9. The molecular formula is C25H32BF2NO3. The summed E-state index contributed by atoms with van der Waals surface area (Å²) in [5.41, 5.74) is 1.05. The third-order valence-corrected chi connectivity index (χ3v) is 6.45. The Bertz CT molecular complexity index is 1000. The van der Waals surface area contributed by atoms with Crippen LogP contribution in [0, 0.1) is 18.6 Å². The predicted octanol–water partition coefficient (Wildman–Crippen LogP) is 5.73. The summed E-state index contributed by atoms with van der Waals surface area (Å²) in [4.78, 5) is 12.7. The highest BCUT2D eigenvalue weighted by molar-refractivity contribution is 6.62. The van der Waals surface area contributed by atoms with Crippen molar-refractivity contribution in [1.82, 2.24) is 0 Å². The zero-order chi connectivity index (χ0) is 23.8. The Morgan fingerprint density at radius 3 is 2.16 bits per heavy atom. The maximum absolute atomic E-state index is 14.5. The molecule has 4 nitrogen and oxygen atoms in total. The molecule has 7 heteroatoms. The van der Waals surface area contributed by atoms with Crippen molar-refractivity contribution >= 4 is 24.2 Å². The lowest BCUT2D eigenvalue weighted by Crippen LogP contribution is -2.41. The number of anilines is 1. The maximum atomic E-state index is 14.5. The highest BCUT2D eigenvalue weighted by Gasteiger charge is 2.52. The van der Waals surface area contributed by atoms with E-state index < -0.39 is 35.9 Å². The van der Waals surface area contributed by atoms with Crippen LogP contribution in [0.15, 0.2) is 30.3 Å². The lowest BCUT2D eigenvalue weighted by atomic mass is 9.75. The van der Waals surface area contributed by atoms with Gasteiger partial charge < -0.3 is 14.6 Å². The molecule has 2 aliphatic rings. The minimum atomic E-state index is -0.768. The largest absolute Gasteiger partial charge is 0.495 e. The second-order valence-electron chi connectivity index (χ2n) is 9.22. The van der Waals surface area contributed by atoms with Gasteiger partial charge in [0, 0.05) is 5.69 Å². The van der Waals surface area contributed by atoms with Crippen molar-refractivity contribution < 1.29 is 22.9 Å². The number of amides is 1. The van der Waals surface area contributed by atoms with E-state index in [4.69, 9.17) is 9.31 Å². The molecule has 32 heavy (non-hydrogen) atoms. The summed E-state index contributed by atoms with van der Waals surface area (Å²) in [6, 6.07) is 7.25. The average molecular weight is 443 g/mol. The van der Waals surface area contributed by atoms with Crippen LogP contribution in [0.5, 0.6) is 0 Å². The number of carbonyl (C=O) groups is 1. The lowest BCUT2D eigenvalue weighted by Gasteiger charge is -2.32. The minimum absolute atomic E-state index is 0.0692. The van der Waals surface area contributed by atoms with E-state index in [0.717, 1.165) is 18.4 Å². The summed E-state index contributed by atoms with van der Waals surface area (Å²) in [6.07, 6.45) is 2.10. The Labute approximate surface area is 189 Å². The molecule has 2 aromatic rings. The highest BCUT2D eigenvalue weighted by atomic mass is 19.1. The van der Waals surface area contributed by atoms with E-state index in [9.17, 15) is 13.6 Å². The molecule has 0 aromatic heterocycles. The number of halogens is 2. The molecule has 1 heterocycles. The van der Waals surface area contributed by atoms with Gasteiger partial charge in [0.25, 0.3) is 5.91 Å².